The number of rotatable bonds is 13. The van der Waals surface area contributed by atoms with Gasteiger partial charge in [-0.25, -0.2) is 9.78 Å². The summed E-state index contributed by atoms with van der Waals surface area (Å²) in [6.07, 6.45) is 1.01. The van der Waals surface area contributed by atoms with Crippen LogP contribution in [0.15, 0.2) is 41.9 Å². The molecule has 1 aromatic heterocycles. The predicted octanol–water partition coefficient (Wildman–Crippen LogP) is 3.41. The highest BCUT2D eigenvalue weighted by Gasteiger charge is 2.31. The van der Waals surface area contributed by atoms with Crippen molar-refractivity contribution in [1.29, 1.82) is 0 Å². The van der Waals surface area contributed by atoms with E-state index >= 15 is 0 Å². The summed E-state index contributed by atoms with van der Waals surface area (Å²) in [5, 5.41) is 7.25. The van der Waals surface area contributed by atoms with E-state index < -0.39 is 24.1 Å². The van der Waals surface area contributed by atoms with Gasteiger partial charge in [-0.05, 0) is 31.7 Å². The maximum absolute atomic E-state index is 13.1. The molecular formula is C25H34N4O5S. The number of aromatic nitrogens is 1. The van der Waals surface area contributed by atoms with Crippen LogP contribution in [0.2, 0.25) is 0 Å². The summed E-state index contributed by atoms with van der Waals surface area (Å²) >= 11 is 1.17. The molecule has 1 heterocycles. The fourth-order valence-corrected chi connectivity index (χ4v) is 4.08. The highest BCUT2D eigenvalue weighted by atomic mass is 32.1. The molecule has 0 unspecified atom stereocenters. The van der Waals surface area contributed by atoms with Gasteiger partial charge in [0.1, 0.15) is 12.6 Å². The highest BCUT2D eigenvalue weighted by molar-refractivity contribution is 7.11. The molecule has 0 aliphatic carbocycles. The van der Waals surface area contributed by atoms with E-state index in [9.17, 15) is 19.2 Å². The largest absolute Gasteiger partial charge is 0.445 e. The maximum Gasteiger partial charge on any atom is 0.408 e. The van der Waals surface area contributed by atoms with Crippen LogP contribution in [0.5, 0.6) is 0 Å². The molecule has 2 atom stereocenters. The molecule has 10 heteroatoms. The van der Waals surface area contributed by atoms with Crippen LogP contribution in [0, 0.1) is 5.92 Å². The van der Waals surface area contributed by atoms with Gasteiger partial charge in [0.2, 0.25) is 17.6 Å². The zero-order valence-electron chi connectivity index (χ0n) is 20.7. The molecule has 0 saturated carbocycles. The Hall–Kier alpha value is -3.27. The van der Waals surface area contributed by atoms with Gasteiger partial charge in [-0.3, -0.25) is 14.4 Å². The highest BCUT2D eigenvalue weighted by Crippen LogP contribution is 2.13. The Morgan fingerprint density at radius 2 is 1.74 bits per heavy atom. The molecule has 2 aromatic rings. The Morgan fingerprint density at radius 3 is 2.31 bits per heavy atom. The number of ether oxygens (including phenoxy) is 1. The number of benzene rings is 1. The second-order valence-corrected chi connectivity index (χ2v) is 9.19. The van der Waals surface area contributed by atoms with Crippen molar-refractivity contribution in [3.63, 3.8) is 0 Å². The van der Waals surface area contributed by atoms with Gasteiger partial charge in [0.15, 0.2) is 5.01 Å². The summed E-state index contributed by atoms with van der Waals surface area (Å²) in [5.41, 5.74) is 0.820. The summed E-state index contributed by atoms with van der Waals surface area (Å²) in [6.45, 7) is 8.53. The van der Waals surface area contributed by atoms with Crippen molar-refractivity contribution in [2.75, 3.05) is 13.1 Å². The van der Waals surface area contributed by atoms with Crippen LogP contribution >= 0.6 is 11.3 Å². The Kier molecular flexibility index (Phi) is 11.4. The molecule has 190 valence electrons. The van der Waals surface area contributed by atoms with Crippen LogP contribution in [-0.4, -0.2) is 58.7 Å². The van der Waals surface area contributed by atoms with Gasteiger partial charge in [0.05, 0.1) is 6.04 Å². The van der Waals surface area contributed by atoms with Crippen LogP contribution in [0.4, 0.5) is 4.79 Å². The number of nitrogens with zero attached hydrogens (tertiary/aromatic N) is 2. The lowest BCUT2D eigenvalue weighted by molar-refractivity contribution is -0.131. The number of carbonyl (C=O) groups is 4. The van der Waals surface area contributed by atoms with Crippen molar-refractivity contribution in [3.05, 3.63) is 52.5 Å². The summed E-state index contributed by atoms with van der Waals surface area (Å²) < 4.78 is 5.24. The number of Topliss-reactive ketones (excluding diaryl/α,β-unsaturated/α-hetero) is 1. The standard InChI is InChI=1S/C25H34N4O5S/c1-5-29(6-2)20(30)13-12-19(22(31)24-26-14-15-35-24)27-23(32)21(17(3)4)28-25(33)34-16-18-10-8-7-9-11-18/h7-11,14-15,17,19,21H,5-6,12-13,16H2,1-4H3,(H,27,32)(H,28,33)/t19-,21-/m0/s1. The molecule has 2 N–H and O–H groups in total. The zero-order valence-corrected chi connectivity index (χ0v) is 21.5. The minimum absolute atomic E-state index is 0.0672. The van der Waals surface area contributed by atoms with Gasteiger partial charge in [0, 0.05) is 31.1 Å². The van der Waals surface area contributed by atoms with Crippen LogP contribution in [0.1, 0.15) is 55.9 Å². The van der Waals surface area contributed by atoms with Crippen LogP contribution in [-0.2, 0) is 20.9 Å². The third kappa shape index (κ3) is 8.79. The summed E-state index contributed by atoms with van der Waals surface area (Å²) in [5.74, 6) is -1.26. The molecule has 9 nitrogen and oxygen atoms in total. The molecule has 0 spiro atoms. The average Bonchev–Trinajstić information content (AvgIpc) is 3.39. The topological polar surface area (TPSA) is 118 Å². The molecular weight excluding hydrogens is 468 g/mol. The molecule has 0 aliphatic heterocycles. The normalized spacial score (nSPS) is 12.5. The van der Waals surface area contributed by atoms with E-state index in [1.165, 1.54) is 17.5 Å². The Bertz CT molecular complexity index is 962. The Morgan fingerprint density at radius 1 is 1.06 bits per heavy atom. The maximum atomic E-state index is 13.1. The van der Waals surface area contributed by atoms with Gasteiger partial charge in [-0.15, -0.1) is 11.3 Å². The van der Waals surface area contributed by atoms with Gasteiger partial charge in [-0.1, -0.05) is 44.2 Å². The van der Waals surface area contributed by atoms with Crippen molar-refractivity contribution in [2.45, 2.75) is 59.2 Å². The molecule has 2 rings (SSSR count). The van der Waals surface area contributed by atoms with Gasteiger partial charge in [-0.2, -0.15) is 0 Å². The lowest BCUT2D eigenvalue weighted by Gasteiger charge is -2.25. The SMILES string of the molecule is CCN(CC)C(=O)CC[C@H](NC(=O)[C@@H](NC(=O)OCc1ccccc1)C(C)C)C(=O)c1nccs1. The van der Waals surface area contributed by atoms with Crippen molar-refractivity contribution < 1.29 is 23.9 Å². The van der Waals surface area contributed by atoms with Gasteiger partial charge in [0.25, 0.3) is 0 Å². The number of alkyl carbamates (subject to hydrolysis) is 1. The first-order valence-electron chi connectivity index (χ1n) is 11.8. The molecule has 0 radical (unpaired) electrons. The summed E-state index contributed by atoms with van der Waals surface area (Å²) in [4.78, 5) is 56.7. The molecule has 35 heavy (non-hydrogen) atoms. The number of ketones is 1. The van der Waals surface area contributed by atoms with E-state index in [4.69, 9.17) is 4.74 Å². The Balaban J connectivity index is 2.06. The summed E-state index contributed by atoms with van der Waals surface area (Å²) in [6, 6.07) is 7.32. The van der Waals surface area contributed by atoms with Crippen LogP contribution in [0.25, 0.3) is 0 Å². The first kappa shape index (κ1) is 28.0. The molecule has 0 aliphatic rings. The number of hydrogen-bond donors (Lipinski definition) is 2. The fourth-order valence-electron chi connectivity index (χ4n) is 3.45. The number of thiazole rings is 1. The lowest BCUT2D eigenvalue weighted by atomic mass is 10.0. The van der Waals surface area contributed by atoms with Crippen molar-refractivity contribution in [3.8, 4) is 0 Å². The van der Waals surface area contributed by atoms with E-state index in [-0.39, 0.29) is 42.1 Å². The first-order chi connectivity index (χ1) is 16.8. The van der Waals surface area contributed by atoms with E-state index in [0.29, 0.717) is 13.1 Å². The third-order valence-electron chi connectivity index (χ3n) is 5.47. The van der Waals surface area contributed by atoms with E-state index in [0.717, 1.165) is 5.56 Å². The van der Waals surface area contributed by atoms with Crippen LogP contribution in [0.3, 0.4) is 0 Å². The second kappa shape index (κ2) is 14.2. The smallest absolute Gasteiger partial charge is 0.408 e. The molecule has 3 amide bonds. The molecule has 0 fully saturated rings. The molecule has 0 saturated heterocycles. The van der Waals surface area contributed by atoms with Gasteiger partial charge < -0.3 is 20.3 Å². The minimum Gasteiger partial charge on any atom is -0.445 e. The lowest BCUT2D eigenvalue weighted by Crippen LogP contribution is -2.54. The van der Waals surface area contributed by atoms with E-state index in [1.54, 1.807) is 24.1 Å². The quantitative estimate of drug-likeness (QED) is 0.405. The number of hydrogen-bond acceptors (Lipinski definition) is 7. The number of carbonyl (C=O) groups excluding carboxylic acids is 4. The second-order valence-electron chi connectivity index (χ2n) is 8.30. The average molecular weight is 503 g/mol. The predicted molar refractivity (Wildman–Crippen MR) is 134 cm³/mol. The van der Waals surface area contributed by atoms with E-state index in [1.807, 2.05) is 44.2 Å². The monoisotopic (exact) mass is 502 g/mol. The minimum atomic E-state index is -0.948. The first-order valence-corrected chi connectivity index (χ1v) is 12.6. The van der Waals surface area contributed by atoms with Gasteiger partial charge >= 0.3 is 6.09 Å². The van der Waals surface area contributed by atoms with E-state index in [2.05, 4.69) is 15.6 Å². The Labute approximate surface area is 210 Å². The van der Waals surface area contributed by atoms with Crippen LogP contribution < -0.4 is 10.6 Å². The summed E-state index contributed by atoms with van der Waals surface area (Å²) in [7, 11) is 0. The number of nitrogens with one attached hydrogen (secondary N) is 2. The van der Waals surface area contributed by atoms with Crippen molar-refractivity contribution >= 4 is 35.0 Å². The number of amides is 3. The third-order valence-corrected chi connectivity index (χ3v) is 6.26. The van der Waals surface area contributed by atoms with Crippen molar-refractivity contribution in [2.24, 2.45) is 5.92 Å². The molecule has 1 aromatic carbocycles. The zero-order chi connectivity index (χ0) is 25.8. The van der Waals surface area contributed by atoms with Crippen molar-refractivity contribution in [1.82, 2.24) is 20.5 Å². The fraction of sp³-hybridized carbons (Fsp3) is 0.480. The molecule has 0 bridgehead atoms.